The van der Waals surface area contributed by atoms with E-state index in [4.69, 9.17) is 22.1 Å². The lowest BCUT2D eigenvalue weighted by Crippen LogP contribution is -1.96. The number of hydrogen-bond acceptors (Lipinski definition) is 5. The number of pyridine rings is 1. The first-order chi connectivity index (χ1) is 7.70. The number of ether oxygens (including phenoxy) is 1. The van der Waals surface area contributed by atoms with Crippen LogP contribution < -0.4 is 10.5 Å². The quantitative estimate of drug-likeness (QED) is 0.805. The van der Waals surface area contributed by atoms with Gasteiger partial charge in [-0.15, -0.1) is 10.2 Å². The van der Waals surface area contributed by atoms with Crippen LogP contribution in [0.4, 0.5) is 5.69 Å². The monoisotopic (exact) mass is 236 g/mol. The minimum absolute atomic E-state index is 0.350. The highest BCUT2D eigenvalue weighted by atomic mass is 35.5. The van der Waals surface area contributed by atoms with Crippen LogP contribution in [0.1, 0.15) is 0 Å². The Bertz CT molecular complexity index is 501. The topological polar surface area (TPSA) is 73.9 Å². The van der Waals surface area contributed by atoms with Crippen molar-refractivity contribution in [3.8, 4) is 17.1 Å². The van der Waals surface area contributed by atoms with E-state index in [0.717, 1.165) is 0 Å². The molecular weight excluding hydrogens is 228 g/mol. The fourth-order valence-electron chi connectivity index (χ4n) is 1.23. The first-order valence-electron chi connectivity index (χ1n) is 4.50. The second-order valence-corrected chi connectivity index (χ2v) is 3.44. The SMILES string of the molecule is COc1ccc(-c2cnc(Cl)cc2N)nn1. The summed E-state index contributed by atoms with van der Waals surface area (Å²) in [6.07, 6.45) is 1.56. The Kier molecular flexibility index (Phi) is 2.87. The molecule has 0 unspecified atom stereocenters. The first-order valence-corrected chi connectivity index (χ1v) is 4.87. The molecule has 82 valence electrons. The molecule has 6 heteroatoms. The Labute approximate surface area is 97.2 Å². The van der Waals surface area contributed by atoms with Gasteiger partial charge in [0, 0.05) is 23.5 Å². The highest BCUT2D eigenvalue weighted by molar-refractivity contribution is 6.29. The van der Waals surface area contributed by atoms with Crippen LogP contribution in [0.15, 0.2) is 24.4 Å². The molecule has 0 aliphatic rings. The number of aromatic nitrogens is 3. The van der Waals surface area contributed by atoms with Gasteiger partial charge in [-0.25, -0.2) is 4.98 Å². The highest BCUT2D eigenvalue weighted by Crippen LogP contribution is 2.25. The van der Waals surface area contributed by atoms with E-state index in [0.29, 0.717) is 28.0 Å². The van der Waals surface area contributed by atoms with Gasteiger partial charge in [-0.05, 0) is 12.1 Å². The fraction of sp³-hybridized carbons (Fsp3) is 0.100. The van der Waals surface area contributed by atoms with E-state index in [1.165, 1.54) is 7.11 Å². The molecule has 0 aliphatic carbocycles. The first kappa shape index (κ1) is 10.6. The Hall–Kier alpha value is -1.88. The van der Waals surface area contributed by atoms with Crippen LogP contribution in [0.2, 0.25) is 5.15 Å². The van der Waals surface area contributed by atoms with Crippen molar-refractivity contribution in [1.29, 1.82) is 0 Å². The van der Waals surface area contributed by atoms with Crippen molar-refractivity contribution in [3.63, 3.8) is 0 Å². The third kappa shape index (κ3) is 2.04. The molecule has 0 amide bonds. The Morgan fingerprint density at radius 1 is 1.31 bits per heavy atom. The van der Waals surface area contributed by atoms with Gasteiger partial charge in [-0.1, -0.05) is 11.6 Å². The maximum absolute atomic E-state index is 5.80. The molecule has 0 radical (unpaired) electrons. The summed E-state index contributed by atoms with van der Waals surface area (Å²) in [5.41, 5.74) is 7.64. The number of nitrogen functional groups attached to an aromatic ring is 1. The van der Waals surface area contributed by atoms with Crippen molar-refractivity contribution >= 4 is 17.3 Å². The van der Waals surface area contributed by atoms with Crippen LogP contribution in [0.5, 0.6) is 5.88 Å². The van der Waals surface area contributed by atoms with Gasteiger partial charge in [0.05, 0.1) is 12.8 Å². The van der Waals surface area contributed by atoms with Gasteiger partial charge < -0.3 is 10.5 Å². The van der Waals surface area contributed by atoms with Crippen LogP contribution >= 0.6 is 11.6 Å². The molecule has 0 bridgehead atoms. The molecule has 2 aromatic rings. The standard InChI is InChI=1S/C10H9ClN4O/c1-16-10-3-2-8(14-15-10)6-5-13-9(11)4-7(6)12/h2-5H,1H3,(H2,12,13). The third-order valence-electron chi connectivity index (χ3n) is 2.03. The molecule has 2 rings (SSSR count). The van der Waals surface area contributed by atoms with Crippen molar-refractivity contribution in [3.05, 3.63) is 29.5 Å². The zero-order valence-corrected chi connectivity index (χ0v) is 9.27. The summed E-state index contributed by atoms with van der Waals surface area (Å²) in [5, 5.41) is 8.17. The van der Waals surface area contributed by atoms with E-state index >= 15 is 0 Å². The van der Waals surface area contributed by atoms with Gasteiger partial charge in [0.1, 0.15) is 5.15 Å². The molecule has 0 aromatic carbocycles. The second-order valence-electron chi connectivity index (χ2n) is 3.06. The van der Waals surface area contributed by atoms with E-state index in [-0.39, 0.29) is 0 Å². The van der Waals surface area contributed by atoms with E-state index < -0.39 is 0 Å². The molecule has 2 aromatic heterocycles. The molecule has 2 N–H and O–H groups in total. The number of anilines is 1. The number of methoxy groups -OCH3 is 1. The lowest BCUT2D eigenvalue weighted by Gasteiger charge is -2.04. The third-order valence-corrected chi connectivity index (χ3v) is 2.23. The smallest absolute Gasteiger partial charge is 0.233 e. The predicted molar refractivity (Wildman–Crippen MR) is 61.2 cm³/mol. The fourth-order valence-corrected chi connectivity index (χ4v) is 1.40. The summed E-state index contributed by atoms with van der Waals surface area (Å²) in [6.45, 7) is 0. The van der Waals surface area contributed by atoms with E-state index in [1.807, 2.05) is 0 Å². The molecule has 5 nitrogen and oxygen atoms in total. The van der Waals surface area contributed by atoms with Gasteiger partial charge in [-0.2, -0.15) is 0 Å². The lowest BCUT2D eigenvalue weighted by atomic mass is 10.2. The summed E-state index contributed by atoms with van der Waals surface area (Å²) in [6, 6.07) is 5.03. The largest absolute Gasteiger partial charge is 0.480 e. The van der Waals surface area contributed by atoms with E-state index in [9.17, 15) is 0 Å². The van der Waals surface area contributed by atoms with Gasteiger partial charge >= 0.3 is 0 Å². The summed E-state index contributed by atoms with van der Waals surface area (Å²) in [4.78, 5) is 3.95. The molecule has 0 saturated carbocycles. The Morgan fingerprint density at radius 3 is 2.69 bits per heavy atom. The maximum Gasteiger partial charge on any atom is 0.233 e. The minimum atomic E-state index is 0.350. The zero-order valence-electron chi connectivity index (χ0n) is 8.51. The van der Waals surface area contributed by atoms with Crippen molar-refractivity contribution in [1.82, 2.24) is 15.2 Å². The van der Waals surface area contributed by atoms with Gasteiger partial charge in [0.25, 0.3) is 0 Å². The predicted octanol–water partition coefficient (Wildman–Crippen LogP) is 1.78. The van der Waals surface area contributed by atoms with Crippen LogP contribution in [0, 0.1) is 0 Å². The van der Waals surface area contributed by atoms with Crippen LogP contribution in [-0.4, -0.2) is 22.3 Å². The summed E-state index contributed by atoms with van der Waals surface area (Å²) >= 11 is 5.70. The number of rotatable bonds is 2. The second kappa shape index (κ2) is 4.32. The molecule has 2 heterocycles. The van der Waals surface area contributed by atoms with Gasteiger partial charge in [0.15, 0.2) is 0 Å². The molecule has 16 heavy (non-hydrogen) atoms. The highest BCUT2D eigenvalue weighted by Gasteiger charge is 2.06. The average molecular weight is 237 g/mol. The summed E-state index contributed by atoms with van der Waals surface area (Å²) in [7, 11) is 1.53. The van der Waals surface area contributed by atoms with Crippen LogP contribution in [0.25, 0.3) is 11.3 Å². The molecule has 0 atom stereocenters. The number of nitrogens with two attached hydrogens (primary N) is 1. The van der Waals surface area contributed by atoms with Gasteiger partial charge in [-0.3, -0.25) is 0 Å². The molecule has 0 saturated heterocycles. The van der Waals surface area contributed by atoms with Crippen LogP contribution in [-0.2, 0) is 0 Å². The number of halogens is 1. The summed E-state index contributed by atoms with van der Waals surface area (Å²) < 4.78 is 4.91. The number of nitrogens with zero attached hydrogens (tertiary/aromatic N) is 3. The Balaban J connectivity index is 2.42. The minimum Gasteiger partial charge on any atom is -0.480 e. The Morgan fingerprint density at radius 2 is 2.12 bits per heavy atom. The molecule has 0 fully saturated rings. The van der Waals surface area contributed by atoms with Crippen molar-refractivity contribution < 1.29 is 4.74 Å². The normalized spacial score (nSPS) is 10.1. The summed E-state index contributed by atoms with van der Waals surface area (Å²) in [5.74, 6) is 0.448. The zero-order chi connectivity index (χ0) is 11.5. The van der Waals surface area contributed by atoms with Gasteiger partial charge in [0.2, 0.25) is 5.88 Å². The van der Waals surface area contributed by atoms with Crippen molar-refractivity contribution in [2.75, 3.05) is 12.8 Å². The van der Waals surface area contributed by atoms with Crippen LogP contribution in [0.3, 0.4) is 0 Å². The van der Waals surface area contributed by atoms with E-state index in [1.54, 1.807) is 24.4 Å². The number of hydrogen-bond donors (Lipinski definition) is 1. The average Bonchev–Trinajstić information content (AvgIpc) is 2.29. The molecular formula is C10H9ClN4O. The maximum atomic E-state index is 5.80. The van der Waals surface area contributed by atoms with Crippen molar-refractivity contribution in [2.45, 2.75) is 0 Å². The lowest BCUT2D eigenvalue weighted by molar-refractivity contribution is 0.392. The molecule has 0 aliphatic heterocycles. The van der Waals surface area contributed by atoms with E-state index in [2.05, 4.69) is 15.2 Å². The van der Waals surface area contributed by atoms with Crippen molar-refractivity contribution in [2.24, 2.45) is 0 Å². The molecule has 0 spiro atoms.